The highest BCUT2D eigenvalue weighted by atomic mass is 35.5. The van der Waals surface area contributed by atoms with Gasteiger partial charge < -0.3 is 4.42 Å². The molecule has 1 fully saturated rings. The summed E-state index contributed by atoms with van der Waals surface area (Å²) in [4.78, 5) is 15.1. The smallest absolute Gasteiger partial charge is 0.266 e. The minimum atomic E-state index is -0.141. The van der Waals surface area contributed by atoms with E-state index in [0.29, 0.717) is 30.8 Å². The van der Waals surface area contributed by atoms with Crippen LogP contribution >= 0.6 is 47.2 Å². The number of halogens is 2. The molecule has 0 saturated carbocycles. The first-order valence-corrected chi connectivity index (χ1v) is 10.8. The number of amides is 1. The average molecular weight is 460 g/mol. The molecule has 0 bridgehead atoms. The van der Waals surface area contributed by atoms with Gasteiger partial charge in [0.1, 0.15) is 15.8 Å². The molecule has 0 spiro atoms. The van der Waals surface area contributed by atoms with Crippen LogP contribution in [0.15, 0.2) is 70.0 Å². The molecular formula is C22H15Cl2NO2S2. The molecule has 0 radical (unpaired) electrons. The minimum absolute atomic E-state index is 0.121. The number of thiocarbonyl (C=S) groups is 1. The van der Waals surface area contributed by atoms with Crippen molar-refractivity contribution >= 4 is 63.5 Å². The zero-order chi connectivity index (χ0) is 20.5. The molecule has 7 heteroatoms. The Labute approximate surface area is 188 Å². The molecule has 2 heterocycles. The van der Waals surface area contributed by atoms with E-state index in [1.54, 1.807) is 23.1 Å². The summed E-state index contributed by atoms with van der Waals surface area (Å²) in [5.41, 5.74) is 1.84. The molecule has 2 aromatic carbocycles. The van der Waals surface area contributed by atoms with E-state index in [1.165, 1.54) is 11.8 Å². The van der Waals surface area contributed by atoms with E-state index in [9.17, 15) is 4.79 Å². The van der Waals surface area contributed by atoms with Crippen molar-refractivity contribution in [3.8, 4) is 11.3 Å². The van der Waals surface area contributed by atoms with E-state index < -0.39 is 0 Å². The van der Waals surface area contributed by atoms with Gasteiger partial charge in [-0.05, 0) is 42.8 Å². The van der Waals surface area contributed by atoms with E-state index in [4.69, 9.17) is 39.8 Å². The summed E-state index contributed by atoms with van der Waals surface area (Å²) in [5, 5.41) is 0.941. The Morgan fingerprint density at radius 3 is 2.55 bits per heavy atom. The molecule has 3 aromatic rings. The largest absolute Gasteiger partial charge is 0.457 e. The second-order valence-electron chi connectivity index (χ2n) is 6.47. The van der Waals surface area contributed by atoms with Crippen molar-refractivity contribution in [3.63, 3.8) is 0 Å². The van der Waals surface area contributed by atoms with Gasteiger partial charge in [-0.2, -0.15) is 0 Å². The van der Waals surface area contributed by atoms with E-state index in [1.807, 2.05) is 55.5 Å². The molecule has 29 heavy (non-hydrogen) atoms. The predicted molar refractivity (Wildman–Crippen MR) is 124 cm³/mol. The van der Waals surface area contributed by atoms with Gasteiger partial charge in [0.05, 0.1) is 21.0 Å². The Morgan fingerprint density at radius 1 is 1.07 bits per heavy atom. The Kier molecular flexibility index (Phi) is 5.83. The average Bonchev–Trinajstić information content (AvgIpc) is 3.29. The Balaban J connectivity index is 1.58. The standard InChI is InChI=1S/C22H15Cl2NO2S2/c1-13(14-5-3-2-4-6-14)25-21(26)20(29-22(25)28)12-16-8-10-19(27-16)15-7-9-17(23)18(24)11-15/h2-13H,1H3/b20-12-/t13-/m1/s1. The molecule has 1 saturated heterocycles. The fourth-order valence-corrected chi connectivity index (χ4v) is 4.76. The zero-order valence-electron chi connectivity index (χ0n) is 15.3. The number of hydrogen-bond donors (Lipinski definition) is 0. The lowest BCUT2D eigenvalue weighted by molar-refractivity contribution is -0.123. The minimum Gasteiger partial charge on any atom is -0.457 e. The summed E-state index contributed by atoms with van der Waals surface area (Å²) < 4.78 is 6.42. The molecular weight excluding hydrogens is 445 g/mol. The van der Waals surface area contributed by atoms with E-state index in [2.05, 4.69) is 0 Å². The number of nitrogens with zero attached hydrogens (tertiary/aromatic N) is 1. The van der Waals surface area contributed by atoms with Crippen molar-refractivity contribution in [3.05, 3.63) is 86.9 Å². The number of thioether (sulfide) groups is 1. The van der Waals surface area contributed by atoms with Crippen LogP contribution in [-0.2, 0) is 4.79 Å². The molecule has 1 aromatic heterocycles. The van der Waals surface area contributed by atoms with Crippen molar-refractivity contribution in [2.75, 3.05) is 0 Å². The van der Waals surface area contributed by atoms with Crippen LogP contribution in [0.3, 0.4) is 0 Å². The van der Waals surface area contributed by atoms with Crippen LogP contribution < -0.4 is 0 Å². The zero-order valence-corrected chi connectivity index (χ0v) is 18.4. The highest BCUT2D eigenvalue weighted by molar-refractivity contribution is 8.26. The van der Waals surface area contributed by atoms with Gasteiger partial charge in [-0.15, -0.1) is 0 Å². The third-order valence-electron chi connectivity index (χ3n) is 4.60. The first-order chi connectivity index (χ1) is 13.9. The topological polar surface area (TPSA) is 33.5 Å². The number of rotatable bonds is 4. The third-order valence-corrected chi connectivity index (χ3v) is 6.67. The fraction of sp³-hybridized carbons (Fsp3) is 0.0909. The van der Waals surface area contributed by atoms with Gasteiger partial charge in [-0.25, -0.2) is 0 Å². The Bertz CT molecular complexity index is 1120. The predicted octanol–water partition coefficient (Wildman–Crippen LogP) is 7.22. The summed E-state index contributed by atoms with van der Waals surface area (Å²) in [6.07, 6.45) is 1.72. The molecule has 4 rings (SSSR count). The van der Waals surface area contributed by atoms with Crippen LogP contribution in [0.1, 0.15) is 24.3 Å². The van der Waals surface area contributed by atoms with Crippen molar-refractivity contribution in [1.29, 1.82) is 0 Å². The second kappa shape index (κ2) is 8.36. The van der Waals surface area contributed by atoms with Crippen molar-refractivity contribution in [2.24, 2.45) is 0 Å². The molecule has 1 aliphatic rings. The Morgan fingerprint density at radius 2 is 1.83 bits per heavy atom. The number of benzene rings is 2. The van der Waals surface area contributed by atoms with E-state index in [0.717, 1.165) is 11.1 Å². The van der Waals surface area contributed by atoms with Crippen LogP contribution in [0.5, 0.6) is 0 Å². The quantitative estimate of drug-likeness (QED) is 0.304. The van der Waals surface area contributed by atoms with Crippen molar-refractivity contribution in [1.82, 2.24) is 4.90 Å². The summed E-state index contributed by atoms with van der Waals surface area (Å²) in [6.45, 7) is 1.97. The summed E-state index contributed by atoms with van der Waals surface area (Å²) in [5.74, 6) is 1.09. The highest BCUT2D eigenvalue weighted by Gasteiger charge is 2.36. The summed E-state index contributed by atoms with van der Waals surface area (Å²) >= 11 is 18.8. The maximum atomic E-state index is 13.0. The monoisotopic (exact) mass is 459 g/mol. The number of carbonyl (C=O) groups is 1. The number of carbonyl (C=O) groups excluding carboxylic acids is 1. The lowest BCUT2D eigenvalue weighted by atomic mass is 10.1. The van der Waals surface area contributed by atoms with Gasteiger partial charge in [0.15, 0.2) is 0 Å². The summed E-state index contributed by atoms with van der Waals surface area (Å²) in [6, 6.07) is 18.6. The van der Waals surface area contributed by atoms with Gasteiger partial charge >= 0.3 is 0 Å². The molecule has 0 N–H and O–H groups in total. The fourth-order valence-electron chi connectivity index (χ4n) is 3.06. The molecule has 146 valence electrons. The molecule has 1 atom stereocenters. The maximum absolute atomic E-state index is 13.0. The highest BCUT2D eigenvalue weighted by Crippen LogP contribution is 2.38. The molecule has 0 unspecified atom stereocenters. The Hall–Kier alpha value is -2.05. The van der Waals surface area contributed by atoms with Gasteiger partial charge in [0.2, 0.25) is 0 Å². The number of furan rings is 1. The first-order valence-electron chi connectivity index (χ1n) is 8.81. The summed E-state index contributed by atoms with van der Waals surface area (Å²) in [7, 11) is 0. The van der Waals surface area contributed by atoms with Crippen molar-refractivity contribution < 1.29 is 9.21 Å². The maximum Gasteiger partial charge on any atom is 0.266 e. The third kappa shape index (κ3) is 4.14. The molecule has 1 aliphatic heterocycles. The molecule has 0 aliphatic carbocycles. The first kappa shape index (κ1) is 20.2. The lowest BCUT2D eigenvalue weighted by Gasteiger charge is -2.23. The van der Waals surface area contributed by atoms with Crippen molar-refractivity contribution in [2.45, 2.75) is 13.0 Å². The van der Waals surface area contributed by atoms with Gasteiger partial charge in [0, 0.05) is 11.6 Å². The SMILES string of the molecule is C[C@H](c1ccccc1)N1C(=O)/C(=C/c2ccc(-c3ccc(Cl)c(Cl)c3)o2)SC1=S. The van der Waals surface area contributed by atoms with Gasteiger partial charge in [-0.1, -0.05) is 77.5 Å². The van der Waals surface area contributed by atoms with E-state index >= 15 is 0 Å². The molecule has 3 nitrogen and oxygen atoms in total. The lowest BCUT2D eigenvalue weighted by Crippen LogP contribution is -2.30. The van der Waals surface area contributed by atoms with Gasteiger partial charge in [-0.3, -0.25) is 9.69 Å². The van der Waals surface area contributed by atoms with Crippen LogP contribution in [0.25, 0.3) is 17.4 Å². The normalized spacial score (nSPS) is 16.7. The van der Waals surface area contributed by atoms with Crippen LogP contribution in [0.2, 0.25) is 10.0 Å². The van der Waals surface area contributed by atoms with E-state index in [-0.39, 0.29) is 11.9 Å². The van der Waals surface area contributed by atoms with Crippen LogP contribution in [0.4, 0.5) is 0 Å². The van der Waals surface area contributed by atoms with Crippen LogP contribution in [-0.4, -0.2) is 15.1 Å². The molecule has 1 amide bonds. The number of hydrogen-bond acceptors (Lipinski definition) is 4. The van der Waals surface area contributed by atoms with Crippen LogP contribution in [0, 0.1) is 0 Å². The second-order valence-corrected chi connectivity index (χ2v) is 8.96. The van der Waals surface area contributed by atoms with Gasteiger partial charge in [0.25, 0.3) is 5.91 Å².